The van der Waals surface area contributed by atoms with Gasteiger partial charge in [-0.25, -0.2) is 0 Å². The van der Waals surface area contributed by atoms with E-state index in [1.165, 1.54) is 0 Å². The molecule has 0 unspecified atom stereocenters. The lowest BCUT2D eigenvalue weighted by molar-refractivity contribution is 0.407. The van der Waals surface area contributed by atoms with Gasteiger partial charge in [-0.2, -0.15) is 0 Å². The van der Waals surface area contributed by atoms with Crippen molar-refractivity contribution in [3.8, 4) is 5.75 Å². The summed E-state index contributed by atoms with van der Waals surface area (Å²) in [5, 5.41) is 0. The highest BCUT2D eigenvalue weighted by Crippen LogP contribution is 2.18. The third kappa shape index (κ3) is 4.50. The van der Waals surface area contributed by atoms with E-state index in [0.29, 0.717) is 0 Å². The Morgan fingerprint density at radius 1 is 1.13 bits per heavy atom. The molecule has 3 nitrogen and oxygen atoms in total. The first-order valence-electron chi connectivity index (χ1n) is 5.11. The van der Waals surface area contributed by atoms with E-state index < -0.39 is 17.6 Å². The topological polar surface area (TPSA) is 44.5 Å². The molecule has 0 aromatic heterocycles. The largest absolute Gasteiger partial charge is 0.521 e. The minimum atomic E-state index is -2.00. The van der Waals surface area contributed by atoms with Crippen LogP contribution in [0.4, 0.5) is 5.69 Å². The number of anilines is 1. The molecule has 0 aliphatic carbocycles. The Kier molecular flexibility index (Phi) is 3.95. The summed E-state index contributed by atoms with van der Waals surface area (Å²) in [4.78, 5) is 0. The summed E-state index contributed by atoms with van der Waals surface area (Å²) in [6.45, 7) is 8.44. The predicted molar refractivity (Wildman–Crippen MR) is 68.9 cm³/mol. The van der Waals surface area contributed by atoms with Gasteiger partial charge in [-0.05, 0) is 50.5 Å². The first kappa shape index (κ1) is 12.3. The van der Waals surface area contributed by atoms with E-state index in [4.69, 9.17) is 14.3 Å². The Bertz CT molecular complexity index is 312. The lowest BCUT2D eigenvalue weighted by atomic mass is 10.3. The van der Waals surface area contributed by atoms with Crippen molar-refractivity contribution in [1.82, 2.24) is 0 Å². The van der Waals surface area contributed by atoms with Crippen LogP contribution in [0, 0.1) is 0 Å². The lowest BCUT2D eigenvalue weighted by Crippen LogP contribution is -2.41. The molecule has 0 bridgehead atoms. The van der Waals surface area contributed by atoms with Gasteiger partial charge in [0.25, 0.3) is 0 Å². The number of benzene rings is 1. The normalized spacial score (nSPS) is 11.8. The van der Waals surface area contributed by atoms with Gasteiger partial charge >= 0.3 is 8.56 Å². The summed E-state index contributed by atoms with van der Waals surface area (Å²) in [5.41, 5.74) is 6.35. The SMILES string of the molecule is C[SiH](C)O[Si](C)(C)Oc1ccc(N)cc1. The van der Waals surface area contributed by atoms with Gasteiger partial charge in [0, 0.05) is 5.69 Å². The number of hydrogen-bond acceptors (Lipinski definition) is 3. The fourth-order valence-electron chi connectivity index (χ4n) is 1.41. The molecular weight excluding hydrogens is 222 g/mol. The minimum absolute atomic E-state index is 0.751. The van der Waals surface area contributed by atoms with Gasteiger partial charge in [-0.15, -0.1) is 0 Å². The molecule has 0 atom stereocenters. The zero-order valence-corrected chi connectivity index (χ0v) is 11.9. The first-order chi connectivity index (χ1) is 6.89. The van der Waals surface area contributed by atoms with Crippen LogP contribution in [0.3, 0.4) is 0 Å². The van der Waals surface area contributed by atoms with Crippen LogP contribution < -0.4 is 10.2 Å². The second kappa shape index (κ2) is 4.82. The molecule has 5 heteroatoms. The Morgan fingerprint density at radius 3 is 2.13 bits per heavy atom. The number of rotatable bonds is 4. The highest BCUT2D eigenvalue weighted by atomic mass is 28.4. The molecule has 2 N–H and O–H groups in total. The highest BCUT2D eigenvalue weighted by Gasteiger charge is 2.27. The van der Waals surface area contributed by atoms with Crippen LogP contribution in [-0.2, 0) is 4.12 Å². The van der Waals surface area contributed by atoms with E-state index in [0.717, 1.165) is 11.4 Å². The van der Waals surface area contributed by atoms with Crippen LogP contribution in [0.25, 0.3) is 0 Å². The summed E-state index contributed by atoms with van der Waals surface area (Å²) in [7, 11) is -3.04. The summed E-state index contributed by atoms with van der Waals surface area (Å²) < 4.78 is 11.8. The predicted octanol–water partition coefficient (Wildman–Crippen LogP) is 2.35. The van der Waals surface area contributed by atoms with Crippen molar-refractivity contribution in [2.75, 3.05) is 5.73 Å². The van der Waals surface area contributed by atoms with Gasteiger partial charge in [0.2, 0.25) is 0 Å². The molecule has 0 fully saturated rings. The maximum absolute atomic E-state index is 5.90. The first-order valence-corrected chi connectivity index (χ1v) is 10.7. The van der Waals surface area contributed by atoms with E-state index in [2.05, 4.69) is 26.2 Å². The molecule has 84 valence electrons. The molecule has 0 spiro atoms. The van der Waals surface area contributed by atoms with Gasteiger partial charge in [0.1, 0.15) is 5.75 Å². The van der Waals surface area contributed by atoms with Crippen molar-refractivity contribution >= 4 is 23.3 Å². The number of nitrogens with two attached hydrogens (primary N) is 1. The van der Waals surface area contributed by atoms with Crippen molar-refractivity contribution in [1.29, 1.82) is 0 Å². The standard InChI is InChI=1S/C10H19NO2Si2/c1-14(2)13-15(3,4)12-10-7-5-9(11)6-8-10/h5-8,14H,11H2,1-4H3. The molecule has 1 aromatic rings. The Balaban J connectivity index is 2.64. The van der Waals surface area contributed by atoms with Crippen molar-refractivity contribution in [2.45, 2.75) is 26.2 Å². The fraction of sp³-hybridized carbons (Fsp3) is 0.400. The molecule has 0 amide bonds. The summed E-state index contributed by atoms with van der Waals surface area (Å²) >= 11 is 0. The van der Waals surface area contributed by atoms with Crippen LogP contribution in [0.1, 0.15) is 0 Å². The molecule has 0 saturated heterocycles. The van der Waals surface area contributed by atoms with Gasteiger partial charge in [0.15, 0.2) is 9.04 Å². The summed E-state index contributed by atoms with van der Waals surface area (Å²) in [5.74, 6) is 0.843. The highest BCUT2D eigenvalue weighted by molar-refractivity contribution is 6.73. The quantitative estimate of drug-likeness (QED) is 0.650. The van der Waals surface area contributed by atoms with E-state index >= 15 is 0 Å². The molecule has 1 aromatic carbocycles. The smallest absolute Gasteiger partial charge is 0.382 e. The lowest BCUT2D eigenvalue weighted by Gasteiger charge is -2.26. The Hall–Kier alpha value is -0.786. The summed E-state index contributed by atoms with van der Waals surface area (Å²) in [6.07, 6.45) is 0. The molecule has 0 aliphatic heterocycles. The molecule has 1 rings (SSSR count). The van der Waals surface area contributed by atoms with Gasteiger partial charge in [-0.3, -0.25) is 0 Å². The molecule has 0 heterocycles. The Labute approximate surface area is 94.2 Å². The number of hydrogen-bond donors (Lipinski definition) is 1. The molecular formula is C10H19NO2Si2. The molecule has 15 heavy (non-hydrogen) atoms. The summed E-state index contributed by atoms with van der Waals surface area (Å²) in [6, 6.07) is 7.45. The van der Waals surface area contributed by atoms with Crippen LogP contribution in [0.15, 0.2) is 24.3 Å². The van der Waals surface area contributed by atoms with Crippen LogP contribution >= 0.6 is 0 Å². The fourth-order valence-corrected chi connectivity index (χ4v) is 6.85. The third-order valence-electron chi connectivity index (χ3n) is 1.76. The van der Waals surface area contributed by atoms with Crippen molar-refractivity contribution in [2.24, 2.45) is 0 Å². The van der Waals surface area contributed by atoms with Crippen LogP contribution in [-0.4, -0.2) is 17.6 Å². The van der Waals surface area contributed by atoms with Gasteiger partial charge in [0.05, 0.1) is 0 Å². The average Bonchev–Trinajstić information content (AvgIpc) is 2.06. The zero-order valence-electron chi connectivity index (χ0n) is 9.78. The van der Waals surface area contributed by atoms with Crippen LogP contribution in [0.2, 0.25) is 26.2 Å². The van der Waals surface area contributed by atoms with Crippen molar-refractivity contribution in [3.63, 3.8) is 0 Å². The van der Waals surface area contributed by atoms with Crippen molar-refractivity contribution in [3.05, 3.63) is 24.3 Å². The van der Waals surface area contributed by atoms with E-state index in [1.807, 2.05) is 24.3 Å². The zero-order chi connectivity index (χ0) is 11.5. The van der Waals surface area contributed by atoms with E-state index in [-0.39, 0.29) is 0 Å². The average molecular weight is 241 g/mol. The third-order valence-corrected chi connectivity index (χ3v) is 6.65. The number of nitrogen functional groups attached to an aromatic ring is 1. The minimum Gasteiger partial charge on any atom is -0.521 e. The van der Waals surface area contributed by atoms with Gasteiger partial charge < -0.3 is 14.3 Å². The van der Waals surface area contributed by atoms with Crippen LogP contribution in [0.5, 0.6) is 5.75 Å². The Morgan fingerprint density at radius 2 is 1.67 bits per heavy atom. The molecule has 0 saturated carbocycles. The maximum Gasteiger partial charge on any atom is 0.382 e. The monoisotopic (exact) mass is 241 g/mol. The van der Waals surface area contributed by atoms with E-state index in [9.17, 15) is 0 Å². The molecule has 0 radical (unpaired) electrons. The maximum atomic E-state index is 5.90. The second-order valence-corrected chi connectivity index (χ2v) is 10.3. The van der Waals surface area contributed by atoms with E-state index in [1.54, 1.807) is 0 Å². The second-order valence-electron chi connectivity index (χ2n) is 4.24. The van der Waals surface area contributed by atoms with Crippen molar-refractivity contribution < 1.29 is 8.54 Å². The van der Waals surface area contributed by atoms with Gasteiger partial charge in [-0.1, -0.05) is 0 Å². The molecule has 0 aliphatic rings.